The highest BCUT2D eigenvalue weighted by Crippen LogP contribution is 2.23. The van der Waals surface area contributed by atoms with Gasteiger partial charge in [-0.1, -0.05) is 7.43 Å². The fraction of sp³-hybridized carbons (Fsp3) is 0.455. The molecule has 0 unspecified atom stereocenters. The SMILES string of the molecule is C.CC(=O)NCc1c(CO)cnc(C)c1O. The number of rotatable bonds is 3. The molecule has 0 spiro atoms. The average Bonchev–Trinajstić information content (AvgIpc) is 2.20. The number of aromatic hydroxyl groups is 1. The van der Waals surface area contributed by atoms with E-state index in [1.54, 1.807) is 6.92 Å². The molecule has 0 fully saturated rings. The highest BCUT2D eigenvalue weighted by atomic mass is 16.3. The Morgan fingerprint density at radius 2 is 2.19 bits per heavy atom. The lowest BCUT2D eigenvalue weighted by atomic mass is 10.1. The predicted octanol–water partition coefficient (Wildman–Crippen LogP) is 0.860. The Hall–Kier alpha value is -1.62. The van der Waals surface area contributed by atoms with E-state index in [9.17, 15) is 9.90 Å². The third-order valence-corrected chi connectivity index (χ3v) is 2.11. The second-order valence-electron chi connectivity index (χ2n) is 3.26. The molecule has 1 rings (SSSR count). The number of hydrogen-bond donors (Lipinski definition) is 3. The number of aliphatic hydroxyl groups is 1. The first-order chi connectivity index (χ1) is 7.06. The van der Waals surface area contributed by atoms with Gasteiger partial charge >= 0.3 is 0 Å². The maximum absolute atomic E-state index is 10.7. The number of aliphatic hydroxyl groups excluding tert-OH is 1. The topological polar surface area (TPSA) is 82.5 Å². The molecule has 5 heteroatoms. The first kappa shape index (κ1) is 14.4. The summed E-state index contributed by atoms with van der Waals surface area (Å²) in [5.74, 6) is -0.164. The molecule has 0 saturated heterocycles. The van der Waals surface area contributed by atoms with Crippen LogP contribution in [0.4, 0.5) is 0 Å². The van der Waals surface area contributed by atoms with E-state index in [0.717, 1.165) is 0 Å². The summed E-state index contributed by atoms with van der Waals surface area (Å²) in [4.78, 5) is 14.7. The van der Waals surface area contributed by atoms with Gasteiger partial charge in [0, 0.05) is 30.8 Å². The summed E-state index contributed by atoms with van der Waals surface area (Å²) in [7, 11) is 0. The molecule has 0 aliphatic rings. The second kappa shape index (κ2) is 6.07. The monoisotopic (exact) mass is 226 g/mol. The van der Waals surface area contributed by atoms with Gasteiger partial charge in [-0.15, -0.1) is 0 Å². The Morgan fingerprint density at radius 1 is 1.56 bits per heavy atom. The standard InChI is InChI=1S/C10H14N2O3.CH4/c1-6-10(15)9(4-12-7(2)14)8(5-13)3-11-6;/h3,13,15H,4-5H2,1-2H3,(H,12,14);1H4. The van der Waals surface area contributed by atoms with Crippen LogP contribution in [-0.2, 0) is 17.9 Å². The van der Waals surface area contributed by atoms with Crippen LogP contribution in [0.1, 0.15) is 31.2 Å². The number of pyridine rings is 1. The summed E-state index contributed by atoms with van der Waals surface area (Å²) in [6.45, 7) is 3.04. The van der Waals surface area contributed by atoms with E-state index in [4.69, 9.17) is 5.11 Å². The molecule has 0 bridgehead atoms. The van der Waals surface area contributed by atoms with Crippen LogP contribution < -0.4 is 5.32 Å². The third-order valence-electron chi connectivity index (χ3n) is 2.11. The Bertz CT molecular complexity index is 378. The first-order valence-corrected chi connectivity index (χ1v) is 4.58. The maximum atomic E-state index is 10.7. The number of carbonyl (C=O) groups excluding carboxylic acids is 1. The molecule has 3 N–H and O–H groups in total. The number of carbonyl (C=O) groups is 1. The van der Waals surface area contributed by atoms with E-state index < -0.39 is 0 Å². The van der Waals surface area contributed by atoms with E-state index in [0.29, 0.717) is 16.8 Å². The van der Waals surface area contributed by atoms with Gasteiger partial charge in [-0.3, -0.25) is 9.78 Å². The highest BCUT2D eigenvalue weighted by Gasteiger charge is 2.11. The van der Waals surface area contributed by atoms with Crippen LogP contribution in [0.2, 0.25) is 0 Å². The number of hydrogen-bond acceptors (Lipinski definition) is 4. The maximum Gasteiger partial charge on any atom is 0.217 e. The second-order valence-corrected chi connectivity index (χ2v) is 3.26. The summed E-state index contributed by atoms with van der Waals surface area (Å²) in [5.41, 5.74) is 1.51. The molecule has 90 valence electrons. The molecule has 5 nitrogen and oxygen atoms in total. The molecule has 0 aliphatic carbocycles. The van der Waals surface area contributed by atoms with E-state index in [-0.39, 0.29) is 32.2 Å². The van der Waals surface area contributed by atoms with Crippen LogP contribution in [0.25, 0.3) is 0 Å². The molecule has 16 heavy (non-hydrogen) atoms. The van der Waals surface area contributed by atoms with Crippen LogP contribution in [0.15, 0.2) is 6.20 Å². The van der Waals surface area contributed by atoms with Crippen LogP contribution in [0, 0.1) is 6.92 Å². The third kappa shape index (κ3) is 3.20. The normalized spacial score (nSPS) is 9.44. The van der Waals surface area contributed by atoms with Crippen molar-refractivity contribution in [2.45, 2.75) is 34.4 Å². The van der Waals surface area contributed by atoms with E-state index in [1.807, 2.05) is 0 Å². The number of nitrogens with zero attached hydrogens (tertiary/aromatic N) is 1. The molecule has 1 aromatic heterocycles. The van der Waals surface area contributed by atoms with Crippen molar-refractivity contribution in [2.24, 2.45) is 0 Å². The first-order valence-electron chi connectivity index (χ1n) is 4.58. The van der Waals surface area contributed by atoms with Crippen molar-refractivity contribution in [3.63, 3.8) is 0 Å². The number of aromatic nitrogens is 1. The van der Waals surface area contributed by atoms with Gasteiger partial charge in [-0.05, 0) is 6.92 Å². The fourth-order valence-electron chi connectivity index (χ4n) is 1.23. The molecular weight excluding hydrogens is 208 g/mol. The minimum absolute atomic E-state index is 0. The largest absolute Gasteiger partial charge is 0.506 e. The van der Waals surface area contributed by atoms with Crippen molar-refractivity contribution in [3.8, 4) is 5.75 Å². The smallest absolute Gasteiger partial charge is 0.217 e. The van der Waals surface area contributed by atoms with Gasteiger partial charge in [0.1, 0.15) is 5.75 Å². The van der Waals surface area contributed by atoms with E-state index in [1.165, 1.54) is 13.1 Å². The zero-order chi connectivity index (χ0) is 11.4. The van der Waals surface area contributed by atoms with Crippen molar-refractivity contribution in [1.82, 2.24) is 10.3 Å². The Kier molecular flexibility index (Phi) is 5.46. The van der Waals surface area contributed by atoms with Gasteiger partial charge in [0.2, 0.25) is 5.91 Å². The van der Waals surface area contributed by atoms with Crippen LogP contribution in [0.3, 0.4) is 0 Å². The Balaban J connectivity index is 0.00000225. The van der Waals surface area contributed by atoms with Crippen molar-refractivity contribution in [2.75, 3.05) is 0 Å². The molecule has 1 amide bonds. The Labute approximate surface area is 95.1 Å². The van der Waals surface area contributed by atoms with Gasteiger partial charge in [0.15, 0.2) is 0 Å². The molecule has 0 radical (unpaired) electrons. The molecule has 1 aromatic rings. The summed E-state index contributed by atoms with van der Waals surface area (Å²) < 4.78 is 0. The van der Waals surface area contributed by atoms with Crippen molar-refractivity contribution in [1.29, 1.82) is 0 Å². The zero-order valence-electron chi connectivity index (χ0n) is 8.74. The summed E-state index contributed by atoms with van der Waals surface area (Å²) in [5, 5.41) is 21.3. The summed E-state index contributed by atoms with van der Waals surface area (Å²) >= 11 is 0. The minimum atomic E-state index is -0.213. The summed E-state index contributed by atoms with van der Waals surface area (Å²) in [6.07, 6.45) is 1.49. The van der Waals surface area contributed by atoms with Crippen molar-refractivity contribution in [3.05, 3.63) is 23.0 Å². The summed E-state index contributed by atoms with van der Waals surface area (Å²) in [6, 6.07) is 0. The zero-order valence-corrected chi connectivity index (χ0v) is 8.74. The molecule has 0 aromatic carbocycles. The van der Waals surface area contributed by atoms with E-state index in [2.05, 4.69) is 10.3 Å². The molecular formula is C11H18N2O3. The van der Waals surface area contributed by atoms with Crippen molar-refractivity contribution < 1.29 is 15.0 Å². The Morgan fingerprint density at radius 3 is 2.69 bits per heavy atom. The lowest BCUT2D eigenvalue weighted by molar-refractivity contribution is -0.119. The highest BCUT2D eigenvalue weighted by molar-refractivity contribution is 5.73. The predicted molar refractivity (Wildman–Crippen MR) is 60.8 cm³/mol. The molecule has 1 heterocycles. The molecule has 0 aliphatic heterocycles. The van der Waals surface area contributed by atoms with Gasteiger partial charge < -0.3 is 15.5 Å². The van der Waals surface area contributed by atoms with Crippen molar-refractivity contribution >= 4 is 5.91 Å². The van der Waals surface area contributed by atoms with Crippen LogP contribution >= 0.6 is 0 Å². The van der Waals surface area contributed by atoms with Gasteiger partial charge in [-0.25, -0.2) is 0 Å². The van der Waals surface area contributed by atoms with Gasteiger partial charge in [-0.2, -0.15) is 0 Å². The number of aryl methyl sites for hydroxylation is 1. The molecule has 0 atom stereocenters. The van der Waals surface area contributed by atoms with Crippen LogP contribution in [-0.4, -0.2) is 21.1 Å². The number of nitrogens with one attached hydrogen (secondary N) is 1. The lowest BCUT2D eigenvalue weighted by Gasteiger charge is -2.11. The lowest BCUT2D eigenvalue weighted by Crippen LogP contribution is -2.20. The minimum Gasteiger partial charge on any atom is -0.506 e. The molecule has 0 saturated carbocycles. The van der Waals surface area contributed by atoms with Crippen LogP contribution in [0.5, 0.6) is 5.75 Å². The van der Waals surface area contributed by atoms with E-state index >= 15 is 0 Å². The number of amides is 1. The quantitative estimate of drug-likeness (QED) is 0.714. The fourth-order valence-corrected chi connectivity index (χ4v) is 1.23. The van der Waals surface area contributed by atoms with Gasteiger partial charge in [0.05, 0.1) is 12.3 Å². The van der Waals surface area contributed by atoms with Gasteiger partial charge in [0.25, 0.3) is 0 Å². The average molecular weight is 226 g/mol.